The smallest absolute Gasteiger partial charge is 0.348 e. The molecule has 1 fully saturated rings. The van der Waals surface area contributed by atoms with E-state index in [4.69, 9.17) is 0 Å². The van der Waals surface area contributed by atoms with Crippen LogP contribution in [0.25, 0.3) is 0 Å². The molecule has 0 aliphatic carbocycles. The van der Waals surface area contributed by atoms with Gasteiger partial charge in [0.05, 0.1) is 11.5 Å². The van der Waals surface area contributed by atoms with Crippen molar-refractivity contribution in [2.45, 2.75) is 38.3 Å². The van der Waals surface area contributed by atoms with Crippen LogP contribution < -0.4 is 5.32 Å². The molecular weight excluding hydrogens is 350 g/mol. The molecule has 3 nitrogen and oxygen atoms in total. The minimum atomic E-state index is -4.62. The lowest BCUT2D eigenvalue weighted by Gasteiger charge is -2.33. The Hall–Kier alpha value is -1.77. The predicted octanol–water partition coefficient (Wildman–Crippen LogP) is 3.72. The van der Waals surface area contributed by atoms with E-state index in [1.807, 2.05) is 0 Å². The summed E-state index contributed by atoms with van der Waals surface area (Å²) in [4.78, 5) is 13.2. The minimum Gasteiger partial charge on any atom is -0.348 e. The Morgan fingerprint density at radius 1 is 1.16 bits per heavy atom. The number of nitrogens with one attached hydrogen (secondary N) is 1. The summed E-state index contributed by atoms with van der Waals surface area (Å²) in [7, 11) is 0. The molecular formula is C16H16F6N2O. The molecule has 1 unspecified atom stereocenters. The van der Waals surface area contributed by atoms with Crippen molar-refractivity contribution in [3.63, 3.8) is 0 Å². The van der Waals surface area contributed by atoms with Crippen LogP contribution in [0.3, 0.4) is 0 Å². The van der Waals surface area contributed by atoms with Gasteiger partial charge in [-0.3, -0.25) is 9.69 Å². The van der Waals surface area contributed by atoms with E-state index in [-0.39, 0.29) is 42.7 Å². The molecule has 0 spiro atoms. The highest BCUT2D eigenvalue weighted by Gasteiger charge is 2.42. The summed E-state index contributed by atoms with van der Waals surface area (Å²) in [5.74, 6) is -2.06. The number of carbonyl (C=O) groups excluding carboxylic acids is 1. The molecule has 9 heteroatoms. The molecule has 3 rings (SSSR count). The van der Waals surface area contributed by atoms with Gasteiger partial charge in [0.1, 0.15) is 0 Å². The van der Waals surface area contributed by atoms with Crippen molar-refractivity contribution in [1.29, 1.82) is 0 Å². The molecule has 2 aliphatic heterocycles. The maximum Gasteiger partial charge on any atom is 0.416 e. The fourth-order valence-electron chi connectivity index (χ4n) is 3.46. The molecule has 0 saturated carbocycles. The Morgan fingerprint density at radius 3 is 2.52 bits per heavy atom. The molecule has 1 saturated heterocycles. The topological polar surface area (TPSA) is 32.3 Å². The molecule has 2 heterocycles. The number of alkyl halides is 6. The SMILES string of the molecule is O=C1NCc2c1cc(CN1CCCC(C(F)(F)F)C1)cc2C(F)(F)F. The summed E-state index contributed by atoms with van der Waals surface area (Å²) >= 11 is 0. The van der Waals surface area contributed by atoms with Crippen molar-refractivity contribution < 1.29 is 31.1 Å². The Bertz CT molecular complexity index is 682. The summed E-state index contributed by atoms with van der Waals surface area (Å²) in [6.07, 6.45) is -8.57. The lowest BCUT2D eigenvalue weighted by molar-refractivity contribution is -0.187. The third kappa shape index (κ3) is 3.75. The molecule has 1 atom stereocenters. The zero-order chi connectivity index (χ0) is 18.4. The molecule has 1 N–H and O–H groups in total. The van der Waals surface area contributed by atoms with Gasteiger partial charge in [-0.15, -0.1) is 0 Å². The number of halogens is 6. The van der Waals surface area contributed by atoms with Crippen molar-refractivity contribution in [3.8, 4) is 0 Å². The lowest BCUT2D eigenvalue weighted by Crippen LogP contribution is -2.41. The van der Waals surface area contributed by atoms with Crippen LogP contribution in [0.5, 0.6) is 0 Å². The fourth-order valence-corrected chi connectivity index (χ4v) is 3.46. The van der Waals surface area contributed by atoms with Gasteiger partial charge in [0, 0.05) is 25.2 Å². The Morgan fingerprint density at radius 2 is 1.88 bits per heavy atom. The molecule has 2 aliphatic rings. The second-order valence-electron chi connectivity index (χ2n) is 6.47. The van der Waals surface area contributed by atoms with Gasteiger partial charge in [0.15, 0.2) is 0 Å². The molecule has 0 radical (unpaired) electrons. The van der Waals surface area contributed by atoms with Crippen molar-refractivity contribution in [2.24, 2.45) is 5.92 Å². The van der Waals surface area contributed by atoms with E-state index in [1.54, 1.807) is 0 Å². The molecule has 0 aromatic heterocycles. The van der Waals surface area contributed by atoms with E-state index in [9.17, 15) is 31.1 Å². The highest BCUT2D eigenvalue weighted by Crippen LogP contribution is 2.37. The first kappa shape index (κ1) is 18.0. The Labute approximate surface area is 140 Å². The molecule has 25 heavy (non-hydrogen) atoms. The van der Waals surface area contributed by atoms with Gasteiger partial charge in [-0.05, 0) is 42.6 Å². The van der Waals surface area contributed by atoms with Crippen LogP contribution in [-0.2, 0) is 19.3 Å². The molecule has 0 bridgehead atoms. The molecule has 1 amide bonds. The number of hydrogen-bond donors (Lipinski definition) is 1. The van der Waals surface area contributed by atoms with Gasteiger partial charge in [-0.25, -0.2) is 0 Å². The van der Waals surface area contributed by atoms with Gasteiger partial charge >= 0.3 is 12.4 Å². The Balaban J connectivity index is 1.86. The van der Waals surface area contributed by atoms with Crippen LogP contribution >= 0.6 is 0 Å². The number of nitrogens with zero attached hydrogens (tertiary/aromatic N) is 1. The first-order valence-corrected chi connectivity index (χ1v) is 7.86. The number of benzene rings is 1. The fraction of sp³-hybridized carbons (Fsp3) is 0.562. The molecule has 1 aromatic carbocycles. The van der Waals surface area contributed by atoms with E-state index in [1.165, 1.54) is 11.0 Å². The summed E-state index contributed by atoms with van der Waals surface area (Å²) < 4.78 is 78.4. The number of amides is 1. The highest BCUT2D eigenvalue weighted by molar-refractivity contribution is 5.99. The van der Waals surface area contributed by atoms with Crippen LogP contribution in [-0.4, -0.2) is 30.1 Å². The van der Waals surface area contributed by atoms with Crippen molar-refractivity contribution >= 4 is 5.91 Å². The minimum absolute atomic E-state index is 0.0282. The van der Waals surface area contributed by atoms with Crippen LogP contribution in [0.2, 0.25) is 0 Å². The molecule has 1 aromatic rings. The average molecular weight is 366 g/mol. The number of rotatable bonds is 2. The van der Waals surface area contributed by atoms with Crippen LogP contribution in [0.1, 0.15) is 39.9 Å². The number of piperidine rings is 1. The van der Waals surface area contributed by atoms with Crippen LogP contribution in [0.4, 0.5) is 26.3 Å². The summed E-state index contributed by atoms with van der Waals surface area (Å²) in [6.45, 7) is -0.0925. The number of fused-ring (bicyclic) bond motifs is 1. The van der Waals surface area contributed by atoms with E-state index in [0.717, 1.165) is 6.07 Å². The van der Waals surface area contributed by atoms with Crippen molar-refractivity contribution in [3.05, 3.63) is 34.4 Å². The Kier molecular flexibility index (Phi) is 4.47. The first-order valence-electron chi connectivity index (χ1n) is 7.86. The van der Waals surface area contributed by atoms with Gasteiger partial charge in [-0.1, -0.05) is 0 Å². The van der Waals surface area contributed by atoms with Crippen molar-refractivity contribution in [1.82, 2.24) is 10.2 Å². The van der Waals surface area contributed by atoms with Gasteiger partial charge in [-0.2, -0.15) is 26.3 Å². The maximum atomic E-state index is 13.2. The zero-order valence-electron chi connectivity index (χ0n) is 13.1. The highest BCUT2D eigenvalue weighted by atomic mass is 19.4. The van der Waals surface area contributed by atoms with Crippen LogP contribution in [0, 0.1) is 5.92 Å². The third-order valence-corrected chi connectivity index (χ3v) is 4.66. The summed E-state index contributed by atoms with van der Waals surface area (Å²) in [6, 6.07) is 2.29. The van der Waals surface area contributed by atoms with Gasteiger partial charge in [0.2, 0.25) is 0 Å². The van der Waals surface area contributed by atoms with E-state index >= 15 is 0 Å². The second-order valence-corrected chi connectivity index (χ2v) is 6.47. The maximum absolute atomic E-state index is 13.2. The predicted molar refractivity (Wildman–Crippen MR) is 76.7 cm³/mol. The van der Waals surface area contributed by atoms with Crippen molar-refractivity contribution in [2.75, 3.05) is 13.1 Å². The van der Waals surface area contributed by atoms with E-state index in [0.29, 0.717) is 13.0 Å². The monoisotopic (exact) mass is 366 g/mol. The first-order chi connectivity index (χ1) is 11.6. The molecule has 138 valence electrons. The van der Waals surface area contributed by atoms with Crippen LogP contribution in [0.15, 0.2) is 12.1 Å². The van der Waals surface area contributed by atoms with E-state index in [2.05, 4.69) is 5.32 Å². The average Bonchev–Trinajstić information content (AvgIpc) is 2.86. The number of hydrogen-bond acceptors (Lipinski definition) is 2. The standard InChI is InChI=1S/C16H16F6N2O/c17-15(18,19)10-2-1-3-24(8-10)7-9-4-11-12(6-23-14(11)25)13(5-9)16(20,21)22/h4-5,10H,1-3,6-8H2,(H,23,25). The summed E-state index contributed by atoms with van der Waals surface area (Å²) in [5.41, 5.74) is -0.851. The lowest BCUT2D eigenvalue weighted by atomic mass is 9.95. The third-order valence-electron chi connectivity index (χ3n) is 4.66. The van der Waals surface area contributed by atoms with E-state index < -0.39 is 29.7 Å². The number of likely N-dealkylation sites (tertiary alicyclic amines) is 1. The van der Waals surface area contributed by atoms with Gasteiger partial charge < -0.3 is 5.32 Å². The number of carbonyl (C=O) groups is 1. The second kappa shape index (κ2) is 6.19. The quantitative estimate of drug-likeness (QED) is 0.809. The summed E-state index contributed by atoms with van der Waals surface area (Å²) in [5, 5.41) is 2.35. The zero-order valence-corrected chi connectivity index (χ0v) is 13.1. The normalized spacial score (nSPS) is 22.0. The largest absolute Gasteiger partial charge is 0.416 e. The van der Waals surface area contributed by atoms with Gasteiger partial charge in [0.25, 0.3) is 5.91 Å².